The van der Waals surface area contributed by atoms with Gasteiger partial charge in [0.05, 0.1) is 28.8 Å². The van der Waals surface area contributed by atoms with Crippen molar-refractivity contribution < 1.29 is 32.2 Å². The fourth-order valence-electron chi connectivity index (χ4n) is 5.33. The van der Waals surface area contributed by atoms with Gasteiger partial charge in [-0.3, -0.25) is 14.4 Å². The summed E-state index contributed by atoms with van der Waals surface area (Å²) in [5, 5.41) is 9.97. The van der Waals surface area contributed by atoms with Gasteiger partial charge in [0, 0.05) is 25.6 Å². The molecule has 0 aliphatic carbocycles. The van der Waals surface area contributed by atoms with Gasteiger partial charge >= 0.3 is 0 Å². The van der Waals surface area contributed by atoms with Crippen molar-refractivity contribution >= 4 is 21.6 Å². The molecule has 0 bridgehead atoms. The first-order chi connectivity index (χ1) is 22.0. The summed E-state index contributed by atoms with van der Waals surface area (Å²) in [6, 6.07) is 26.1. The minimum absolute atomic E-state index is 0.0857. The van der Waals surface area contributed by atoms with Gasteiger partial charge in [-0.25, -0.2) is 12.8 Å². The zero-order chi connectivity index (χ0) is 32.8. The molecule has 1 amide bonds. The van der Waals surface area contributed by atoms with Crippen LogP contribution < -0.4 is 14.2 Å². The van der Waals surface area contributed by atoms with Crippen molar-refractivity contribution in [3.63, 3.8) is 0 Å². The van der Waals surface area contributed by atoms with Crippen LogP contribution >= 0.6 is 0 Å². The highest BCUT2D eigenvalue weighted by molar-refractivity contribution is 7.92. The number of nitrogens with zero attached hydrogens (tertiary/aromatic N) is 2. The summed E-state index contributed by atoms with van der Waals surface area (Å²) < 4.78 is 55.0. The number of likely N-dealkylation sites (N-methyl/N-ethyl adjacent to an activating group) is 1. The second-order valence-corrected chi connectivity index (χ2v) is 13.3. The Bertz CT molecular complexity index is 1740. The Hall–Kier alpha value is -4.45. The van der Waals surface area contributed by atoms with Gasteiger partial charge in [0.25, 0.3) is 15.9 Å². The van der Waals surface area contributed by atoms with Crippen LogP contribution in [-0.4, -0.2) is 68.1 Å². The number of nitrogens with one attached hydrogen (secondary N) is 1. The molecule has 46 heavy (non-hydrogen) atoms. The Balaban J connectivity index is 1.39. The van der Waals surface area contributed by atoms with E-state index in [1.54, 1.807) is 24.0 Å². The number of ether oxygens (including phenoxy) is 2. The third-order valence-corrected chi connectivity index (χ3v) is 9.29. The van der Waals surface area contributed by atoms with E-state index in [0.717, 1.165) is 29.2 Å². The number of hydrogen-bond acceptors (Lipinski definition) is 7. The van der Waals surface area contributed by atoms with Crippen molar-refractivity contribution in [1.29, 1.82) is 0 Å². The third kappa shape index (κ3) is 7.85. The zero-order valence-corrected chi connectivity index (χ0v) is 26.8. The molecule has 3 atom stereocenters. The number of hydrogen-bond donors (Lipinski definition) is 2. The maximum absolute atomic E-state index is 13.8. The van der Waals surface area contributed by atoms with Crippen molar-refractivity contribution in [2.45, 2.75) is 37.4 Å². The molecule has 0 saturated heterocycles. The smallest absolute Gasteiger partial charge is 0.262 e. The summed E-state index contributed by atoms with van der Waals surface area (Å²) in [5.74, 6) is 0.455. The minimum atomic E-state index is -4.14. The van der Waals surface area contributed by atoms with Gasteiger partial charge in [-0.15, -0.1) is 0 Å². The number of carbonyl (C=O) groups excluding carboxylic acids is 1. The second kappa shape index (κ2) is 14.3. The van der Waals surface area contributed by atoms with E-state index in [1.165, 1.54) is 18.2 Å². The number of para-hydroxylation sites is 2. The molecular weight excluding hydrogens is 609 g/mol. The number of sulfonamides is 1. The molecule has 5 rings (SSSR count). The molecule has 0 fully saturated rings. The highest BCUT2D eigenvalue weighted by atomic mass is 32.2. The fraction of sp³-hybridized carbons (Fsp3) is 0.286. The first-order valence-corrected chi connectivity index (χ1v) is 16.5. The lowest BCUT2D eigenvalue weighted by Gasteiger charge is -2.38. The van der Waals surface area contributed by atoms with Gasteiger partial charge in [0.1, 0.15) is 23.4 Å². The molecule has 1 aliphatic heterocycles. The first kappa shape index (κ1) is 32.9. The summed E-state index contributed by atoms with van der Waals surface area (Å²) in [6.45, 7) is 4.88. The quantitative estimate of drug-likeness (QED) is 0.213. The van der Waals surface area contributed by atoms with Crippen LogP contribution in [-0.2, 0) is 16.6 Å². The van der Waals surface area contributed by atoms with E-state index in [9.17, 15) is 22.7 Å². The molecule has 242 valence electrons. The van der Waals surface area contributed by atoms with Gasteiger partial charge in [0.15, 0.2) is 5.75 Å². The second-order valence-electron chi connectivity index (χ2n) is 11.6. The van der Waals surface area contributed by atoms with E-state index in [0.29, 0.717) is 19.6 Å². The molecule has 0 saturated carbocycles. The van der Waals surface area contributed by atoms with Crippen LogP contribution in [0.1, 0.15) is 29.8 Å². The highest BCUT2D eigenvalue weighted by Gasteiger charge is 2.35. The van der Waals surface area contributed by atoms with Crippen LogP contribution in [0.25, 0.3) is 0 Å². The molecule has 0 radical (unpaired) electrons. The first-order valence-electron chi connectivity index (χ1n) is 15.0. The molecule has 1 aliphatic rings. The van der Waals surface area contributed by atoms with E-state index in [2.05, 4.69) is 9.62 Å². The van der Waals surface area contributed by atoms with Crippen molar-refractivity contribution in [3.8, 4) is 17.2 Å². The summed E-state index contributed by atoms with van der Waals surface area (Å²) >= 11 is 0. The Morgan fingerprint density at radius 1 is 1.00 bits per heavy atom. The molecule has 9 nitrogen and oxygen atoms in total. The van der Waals surface area contributed by atoms with Crippen LogP contribution in [0.15, 0.2) is 102 Å². The molecule has 0 aromatic heterocycles. The van der Waals surface area contributed by atoms with E-state index in [-0.39, 0.29) is 40.3 Å². The number of carbonyl (C=O) groups is 1. The maximum atomic E-state index is 13.8. The average Bonchev–Trinajstić information content (AvgIpc) is 3.04. The van der Waals surface area contributed by atoms with Crippen LogP contribution in [0.3, 0.4) is 0 Å². The van der Waals surface area contributed by atoms with E-state index in [1.807, 2.05) is 68.6 Å². The zero-order valence-electron chi connectivity index (χ0n) is 26.0. The monoisotopic (exact) mass is 647 g/mol. The molecule has 0 unspecified atom stereocenters. The topological polar surface area (TPSA) is 108 Å². The molecule has 1 heterocycles. The van der Waals surface area contributed by atoms with Crippen molar-refractivity contribution in [2.24, 2.45) is 5.92 Å². The minimum Gasteiger partial charge on any atom is -0.486 e. The number of rotatable bonds is 11. The molecular formula is C35H38FN3O6S. The number of amides is 1. The lowest BCUT2D eigenvalue weighted by Crippen LogP contribution is -2.49. The Labute approximate surface area is 269 Å². The molecule has 0 spiro atoms. The maximum Gasteiger partial charge on any atom is 0.262 e. The SMILES string of the molecule is C[C@@H]1CN([C@H](C)CO)C(=O)c2cccc(NS(=O)(=O)c3ccc(F)cc3)c2O[C@@H]1CN(C)Cc1ccc(Oc2ccccc2)cc1. The van der Waals surface area contributed by atoms with Gasteiger partial charge < -0.3 is 19.5 Å². The fourth-order valence-corrected chi connectivity index (χ4v) is 6.39. The number of anilines is 1. The molecule has 4 aromatic carbocycles. The number of aliphatic hydroxyl groups is 1. The highest BCUT2D eigenvalue weighted by Crippen LogP contribution is 2.36. The van der Waals surface area contributed by atoms with Crippen molar-refractivity contribution in [3.05, 3.63) is 114 Å². The van der Waals surface area contributed by atoms with Crippen LogP contribution in [0.2, 0.25) is 0 Å². The van der Waals surface area contributed by atoms with Crippen molar-refractivity contribution in [1.82, 2.24) is 9.80 Å². The van der Waals surface area contributed by atoms with E-state index in [4.69, 9.17) is 9.47 Å². The predicted octanol–water partition coefficient (Wildman–Crippen LogP) is 5.77. The van der Waals surface area contributed by atoms with Gasteiger partial charge in [-0.05, 0) is 80.2 Å². The van der Waals surface area contributed by atoms with Gasteiger partial charge in [-0.1, -0.05) is 43.3 Å². The summed E-state index contributed by atoms with van der Waals surface area (Å²) in [6.07, 6.45) is -0.456. The van der Waals surface area contributed by atoms with Crippen LogP contribution in [0.4, 0.5) is 10.1 Å². The summed E-state index contributed by atoms with van der Waals surface area (Å²) in [5.41, 5.74) is 1.32. The molecule has 4 aromatic rings. The largest absolute Gasteiger partial charge is 0.486 e. The Morgan fingerprint density at radius 3 is 2.35 bits per heavy atom. The number of aliphatic hydroxyl groups excluding tert-OH is 1. The lowest BCUT2D eigenvalue weighted by molar-refractivity contribution is 0.0344. The number of fused-ring (bicyclic) bond motifs is 1. The van der Waals surface area contributed by atoms with Crippen molar-refractivity contribution in [2.75, 3.05) is 31.5 Å². The van der Waals surface area contributed by atoms with Gasteiger partial charge in [-0.2, -0.15) is 0 Å². The van der Waals surface area contributed by atoms with E-state index < -0.39 is 28.0 Å². The number of halogens is 1. The molecule has 11 heteroatoms. The summed E-state index contributed by atoms with van der Waals surface area (Å²) in [4.78, 5) is 17.3. The van der Waals surface area contributed by atoms with Gasteiger partial charge in [0.2, 0.25) is 0 Å². The predicted molar refractivity (Wildman–Crippen MR) is 174 cm³/mol. The van der Waals surface area contributed by atoms with Crippen LogP contribution in [0, 0.1) is 11.7 Å². The average molecular weight is 648 g/mol. The standard InChI is InChI=1S/C35H38FN3O6S/c1-24-20-39(25(2)23-40)35(41)31-10-7-11-32(37-46(42,43)30-18-14-27(36)15-19-30)34(31)45-33(24)22-38(3)21-26-12-16-29(17-13-26)44-28-8-5-4-6-9-28/h4-19,24-25,33,37,40H,20-23H2,1-3H3/t24-,25-,33-/m1/s1. The normalized spacial score (nSPS) is 17.4. The number of benzene rings is 4. The van der Waals surface area contributed by atoms with E-state index >= 15 is 0 Å². The lowest BCUT2D eigenvalue weighted by atomic mass is 9.99. The molecule has 2 N–H and O–H groups in total. The Morgan fingerprint density at radius 2 is 1.67 bits per heavy atom. The third-order valence-electron chi connectivity index (χ3n) is 7.91. The Kier molecular flexibility index (Phi) is 10.3. The van der Waals surface area contributed by atoms with Crippen LogP contribution in [0.5, 0.6) is 17.2 Å². The summed E-state index contributed by atoms with van der Waals surface area (Å²) in [7, 11) is -2.17.